The van der Waals surface area contributed by atoms with Gasteiger partial charge in [-0.05, 0) is 42.3 Å². The lowest BCUT2D eigenvalue weighted by molar-refractivity contribution is 0.216. The molecule has 0 bridgehead atoms. The highest BCUT2D eigenvalue weighted by molar-refractivity contribution is 6.79. The molecule has 24 heavy (non-hydrogen) atoms. The molecule has 1 unspecified atom stereocenters. The van der Waals surface area contributed by atoms with Gasteiger partial charge in [0.05, 0.1) is 13.2 Å². The van der Waals surface area contributed by atoms with Crippen LogP contribution in [0.1, 0.15) is 38.0 Å². The molecule has 2 nitrogen and oxygen atoms in total. The minimum Gasteiger partial charge on any atom is -0.497 e. The van der Waals surface area contributed by atoms with Crippen molar-refractivity contribution in [2.75, 3.05) is 7.11 Å². The molecule has 0 heterocycles. The van der Waals surface area contributed by atoms with E-state index in [4.69, 9.17) is 9.16 Å². The van der Waals surface area contributed by atoms with Crippen molar-refractivity contribution in [3.63, 3.8) is 0 Å². The molecule has 0 aliphatic rings. The van der Waals surface area contributed by atoms with E-state index < -0.39 is 8.32 Å². The molecule has 2 aromatic rings. The van der Waals surface area contributed by atoms with Gasteiger partial charge in [0.1, 0.15) is 5.75 Å². The lowest BCUT2D eigenvalue weighted by Gasteiger charge is -2.30. The van der Waals surface area contributed by atoms with Crippen molar-refractivity contribution in [1.29, 1.82) is 0 Å². The van der Waals surface area contributed by atoms with Crippen molar-refractivity contribution < 1.29 is 9.16 Å². The van der Waals surface area contributed by atoms with Crippen molar-refractivity contribution in [3.8, 4) is 5.75 Å². The molecule has 0 aliphatic heterocycles. The van der Waals surface area contributed by atoms with E-state index in [2.05, 4.69) is 68.9 Å². The maximum atomic E-state index is 6.63. The van der Waals surface area contributed by atoms with Crippen molar-refractivity contribution in [1.82, 2.24) is 0 Å². The summed E-state index contributed by atoms with van der Waals surface area (Å²) in [4.78, 5) is 0. The molecule has 128 valence electrons. The zero-order valence-electron chi connectivity index (χ0n) is 15.2. The van der Waals surface area contributed by atoms with Gasteiger partial charge in [0, 0.05) is 0 Å². The molecule has 0 aliphatic carbocycles. The number of rotatable bonds is 8. The van der Waals surface area contributed by atoms with Gasteiger partial charge in [-0.25, -0.2) is 0 Å². The van der Waals surface area contributed by atoms with Crippen molar-refractivity contribution >= 4 is 14.4 Å². The van der Waals surface area contributed by atoms with Gasteiger partial charge < -0.3 is 9.16 Å². The van der Waals surface area contributed by atoms with E-state index in [1.807, 2.05) is 18.2 Å². The third-order valence-electron chi connectivity index (χ3n) is 4.57. The fraction of sp³-hybridized carbons (Fsp3) is 0.333. The van der Waals surface area contributed by atoms with Crippen LogP contribution in [0.15, 0.2) is 60.3 Å². The lowest BCUT2D eigenvalue weighted by atomic mass is 10.1. The molecule has 0 spiro atoms. The van der Waals surface area contributed by atoms with Crippen LogP contribution in [0.5, 0.6) is 5.75 Å². The van der Waals surface area contributed by atoms with Crippen LogP contribution in [0.4, 0.5) is 0 Å². The van der Waals surface area contributed by atoms with Crippen LogP contribution in [-0.2, 0) is 4.43 Å². The van der Waals surface area contributed by atoms with E-state index >= 15 is 0 Å². The number of benzene rings is 2. The van der Waals surface area contributed by atoms with E-state index in [0.29, 0.717) is 0 Å². The van der Waals surface area contributed by atoms with Gasteiger partial charge >= 0.3 is 0 Å². The fourth-order valence-corrected chi connectivity index (χ4v) is 5.52. The summed E-state index contributed by atoms with van der Waals surface area (Å²) in [6, 6.07) is 20.8. The van der Waals surface area contributed by atoms with E-state index in [1.165, 1.54) is 11.1 Å². The molecule has 0 amide bonds. The fourth-order valence-electron chi connectivity index (χ4n) is 2.80. The van der Waals surface area contributed by atoms with E-state index in [9.17, 15) is 0 Å². The summed E-state index contributed by atoms with van der Waals surface area (Å²) in [6.45, 7) is 6.63. The van der Waals surface area contributed by atoms with E-state index in [1.54, 1.807) is 7.11 Å². The summed E-state index contributed by atoms with van der Waals surface area (Å²) < 4.78 is 11.9. The Kier molecular flexibility index (Phi) is 6.82. The van der Waals surface area contributed by atoms with Crippen LogP contribution in [-0.4, -0.2) is 15.4 Å². The second kappa shape index (κ2) is 8.86. The van der Waals surface area contributed by atoms with Gasteiger partial charge in [-0.2, -0.15) is 0 Å². The SMILES string of the molecule is CC[Si](/C=C/c1ccccc1)(CC)OC(C)c1ccc(OC)cc1. The first-order valence-electron chi connectivity index (χ1n) is 8.68. The number of hydrogen-bond acceptors (Lipinski definition) is 2. The molecule has 0 N–H and O–H groups in total. The van der Waals surface area contributed by atoms with Crippen LogP contribution in [0.25, 0.3) is 6.08 Å². The number of hydrogen-bond donors (Lipinski definition) is 0. The Morgan fingerprint density at radius 1 is 0.958 bits per heavy atom. The van der Waals surface area contributed by atoms with E-state index in [0.717, 1.165) is 17.8 Å². The highest BCUT2D eigenvalue weighted by atomic mass is 28.4. The topological polar surface area (TPSA) is 18.5 Å². The van der Waals surface area contributed by atoms with Crippen molar-refractivity contribution in [2.45, 2.75) is 39.0 Å². The van der Waals surface area contributed by atoms with Crippen molar-refractivity contribution in [2.24, 2.45) is 0 Å². The maximum absolute atomic E-state index is 6.63. The first-order valence-corrected chi connectivity index (χ1v) is 11.1. The van der Waals surface area contributed by atoms with Crippen molar-refractivity contribution in [3.05, 3.63) is 71.4 Å². The normalized spacial score (nSPS) is 13.2. The van der Waals surface area contributed by atoms with Crippen LogP contribution < -0.4 is 4.74 Å². The second-order valence-electron chi connectivity index (χ2n) is 6.05. The molecule has 0 saturated heterocycles. The first-order chi connectivity index (χ1) is 11.6. The van der Waals surface area contributed by atoms with Gasteiger partial charge in [-0.1, -0.05) is 68.1 Å². The monoisotopic (exact) mass is 340 g/mol. The standard InChI is InChI=1S/C21H28O2Si/c1-5-24(6-2,17-16-19-10-8-7-9-11-19)23-18(3)20-12-14-21(22-4)15-13-20/h7-18H,5-6H2,1-4H3/b17-16+. The molecule has 0 radical (unpaired) electrons. The van der Waals surface area contributed by atoms with Gasteiger partial charge in [-0.3, -0.25) is 0 Å². The number of methoxy groups -OCH3 is 1. The molecule has 0 fully saturated rings. The summed E-state index contributed by atoms with van der Waals surface area (Å²) in [5, 5.41) is 0. The molecule has 0 aromatic heterocycles. The molecule has 0 saturated carbocycles. The summed E-state index contributed by atoms with van der Waals surface area (Å²) in [5.74, 6) is 0.879. The first kappa shape index (κ1) is 18.5. The summed E-state index contributed by atoms with van der Waals surface area (Å²) in [6.07, 6.45) is 2.31. The van der Waals surface area contributed by atoms with Crippen LogP contribution in [0.2, 0.25) is 12.1 Å². The molecule has 1 atom stereocenters. The van der Waals surface area contributed by atoms with Crippen LogP contribution in [0.3, 0.4) is 0 Å². The molecular weight excluding hydrogens is 312 g/mol. The van der Waals surface area contributed by atoms with Crippen LogP contribution in [0, 0.1) is 0 Å². The average molecular weight is 341 g/mol. The largest absolute Gasteiger partial charge is 0.497 e. The molecule has 2 aromatic carbocycles. The zero-order valence-corrected chi connectivity index (χ0v) is 16.2. The predicted molar refractivity (Wildman–Crippen MR) is 105 cm³/mol. The minimum absolute atomic E-state index is 0.0860. The average Bonchev–Trinajstić information content (AvgIpc) is 2.66. The van der Waals surface area contributed by atoms with Gasteiger partial charge in [0.25, 0.3) is 0 Å². The van der Waals surface area contributed by atoms with Gasteiger partial charge in [0.2, 0.25) is 8.32 Å². The quantitative estimate of drug-likeness (QED) is 0.548. The summed E-state index contributed by atoms with van der Waals surface area (Å²) in [7, 11) is -0.216. The molecule has 3 heteroatoms. The summed E-state index contributed by atoms with van der Waals surface area (Å²) >= 11 is 0. The van der Waals surface area contributed by atoms with Gasteiger partial charge in [0.15, 0.2) is 0 Å². The van der Waals surface area contributed by atoms with Crippen LogP contribution >= 0.6 is 0 Å². The smallest absolute Gasteiger partial charge is 0.217 e. The highest BCUT2D eigenvalue weighted by Crippen LogP contribution is 2.29. The second-order valence-corrected chi connectivity index (χ2v) is 10.2. The maximum Gasteiger partial charge on any atom is 0.217 e. The number of ether oxygens (including phenoxy) is 1. The Labute approximate surface area is 147 Å². The third kappa shape index (κ3) is 4.82. The minimum atomic E-state index is -1.91. The molecular formula is C21H28O2Si. The summed E-state index contributed by atoms with van der Waals surface area (Å²) in [5.41, 5.74) is 4.78. The highest BCUT2D eigenvalue weighted by Gasteiger charge is 2.30. The van der Waals surface area contributed by atoms with Gasteiger partial charge in [-0.15, -0.1) is 0 Å². The Morgan fingerprint density at radius 3 is 2.12 bits per heavy atom. The Bertz CT molecular complexity index is 631. The third-order valence-corrected chi connectivity index (χ3v) is 8.56. The zero-order chi connectivity index (χ0) is 17.4. The Hall–Kier alpha value is -1.84. The predicted octanol–water partition coefficient (Wildman–Crippen LogP) is 6.01. The molecule has 2 rings (SSSR count). The van der Waals surface area contributed by atoms with E-state index in [-0.39, 0.29) is 6.10 Å². The lowest BCUT2D eigenvalue weighted by Crippen LogP contribution is -2.35. The Balaban J connectivity index is 2.15. The Morgan fingerprint density at radius 2 is 1.58 bits per heavy atom.